The van der Waals surface area contributed by atoms with Crippen LogP contribution in [0.4, 0.5) is 5.82 Å². The molecule has 0 saturated carbocycles. The summed E-state index contributed by atoms with van der Waals surface area (Å²) in [5.74, 6) is 0.917. The molecular weight excluding hydrogens is 228 g/mol. The number of halogens is 1. The Morgan fingerprint density at radius 2 is 2.25 bits per heavy atom. The van der Waals surface area contributed by atoms with Gasteiger partial charge in [-0.05, 0) is 5.92 Å². The third kappa shape index (κ3) is 4.93. The fraction of sp³-hybridized carbons (Fsp3) is 0.500. The predicted octanol–water partition coefficient (Wildman–Crippen LogP) is 1.31. The lowest BCUT2D eigenvalue weighted by Gasteiger charge is -2.08. The van der Waals surface area contributed by atoms with E-state index in [1.807, 2.05) is 13.8 Å². The minimum Gasteiger partial charge on any atom is -0.361 e. The zero-order chi connectivity index (χ0) is 12.0. The monoisotopic (exact) mass is 242 g/mol. The van der Waals surface area contributed by atoms with Crippen molar-refractivity contribution in [2.75, 3.05) is 18.4 Å². The van der Waals surface area contributed by atoms with E-state index in [9.17, 15) is 4.79 Å². The second kappa shape index (κ2) is 6.27. The lowest BCUT2D eigenvalue weighted by atomic mass is 10.2. The van der Waals surface area contributed by atoms with Gasteiger partial charge in [0.1, 0.15) is 17.3 Å². The lowest BCUT2D eigenvalue weighted by molar-refractivity contribution is -0.119. The minimum atomic E-state index is -0.0663. The standard InChI is InChI=1S/C10H15ClN4O/c1-7(2)4-13-10(16)5-12-9-3-8(11)14-6-15-9/h3,6-7H,4-5H2,1-2H3,(H,13,16)(H,12,14,15). The molecule has 1 rings (SSSR count). The van der Waals surface area contributed by atoms with E-state index >= 15 is 0 Å². The van der Waals surface area contributed by atoms with Gasteiger partial charge in [0, 0.05) is 12.6 Å². The lowest BCUT2D eigenvalue weighted by Crippen LogP contribution is -2.32. The molecule has 0 aliphatic heterocycles. The molecule has 1 aromatic rings. The van der Waals surface area contributed by atoms with E-state index in [0.29, 0.717) is 23.4 Å². The number of nitrogens with zero attached hydrogens (tertiary/aromatic N) is 2. The summed E-state index contributed by atoms with van der Waals surface area (Å²) in [7, 11) is 0. The number of hydrogen-bond donors (Lipinski definition) is 2. The fourth-order valence-corrected chi connectivity index (χ4v) is 1.13. The van der Waals surface area contributed by atoms with Crippen molar-refractivity contribution in [2.45, 2.75) is 13.8 Å². The summed E-state index contributed by atoms with van der Waals surface area (Å²) in [6.45, 7) is 4.93. The first kappa shape index (κ1) is 12.7. The van der Waals surface area contributed by atoms with E-state index in [1.54, 1.807) is 6.07 Å². The third-order valence-corrected chi connectivity index (χ3v) is 1.98. The Labute approximate surface area is 99.6 Å². The number of rotatable bonds is 5. The Morgan fingerprint density at radius 3 is 2.88 bits per heavy atom. The highest BCUT2D eigenvalue weighted by atomic mass is 35.5. The van der Waals surface area contributed by atoms with Gasteiger partial charge >= 0.3 is 0 Å². The SMILES string of the molecule is CC(C)CNC(=O)CNc1cc(Cl)ncn1. The Balaban J connectivity index is 2.31. The van der Waals surface area contributed by atoms with E-state index in [2.05, 4.69) is 20.6 Å². The zero-order valence-electron chi connectivity index (χ0n) is 9.33. The molecule has 88 valence electrons. The number of hydrogen-bond acceptors (Lipinski definition) is 4. The van der Waals surface area contributed by atoms with Gasteiger partial charge < -0.3 is 10.6 Å². The number of nitrogens with one attached hydrogen (secondary N) is 2. The van der Waals surface area contributed by atoms with Crippen LogP contribution in [0.2, 0.25) is 5.15 Å². The molecule has 0 fully saturated rings. The molecule has 0 aliphatic rings. The Hall–Kier alpha value is -1.36. The molecule has 0 radical (unpaired) electrons. The second-order valence-electron chi connectivity index (χ2n) is 3.78. The molecule has 0 saturated heterocycles. The van der Waals surface area contributed by atoms with Crippen LogP contribution >= 0.6 is 11.6 Å². The highest BCUT2D eigenvalue weighted by Crippen LogP contribution is 2.07. The summed E-state index contributed by atoms with van der Waals surface area (Å²) in [6.07, 6.45) is 1.34. The van der Waals surface area contributed by atoms with Crippen LogP contribution in [0.5, 0.6) is 0 Å². The molecule has 1 amide bonds. The summed E-state index contributed by atoms with van der Waals surface area (Å²) in [5, 5.41) is 6.00. The first-order valence-corrected chi connectivity index (χ1v) is 5.44. The zero-order valence-corrected chi connectivity index (χ0v) is 10.1. The van der Waals surface area contributed by atoms with Crippen LogP contribution in [-0.4, -0.2) is 29.0 Å². The molecule has 6 heteroatoms. The third-order valence-electron chi connectivity index (χ3n) is 1.77. The van der Waals surface area contributed by atoms with Gasteiger partial charge in [-0.2, -0.15) is 0 Å². The predicted molar refractivity (Wildman–Crippen MR) is 63.4 cm³/mol. The van der Waals surface area contributed by atoms with Crippen molar-refractivity contribution in [1.82, 2.24) is 15.3 Å². The summed E-state index contributed by atoms with van der Waals surface area (Å²) >= 11 is 5.67. The Morgan fingerprint density at radius 1 is 1.50 bits per heavy atom. The molecular formula is C10H15ClN4O. The molecule has 1 heterocycles. The maximum absolute atomic E-state index is 11.4. The molecule has 0 bridgehead atoms. The number of carbonyl (C=O) groups is 1. The molecule has 0 aromatic carbocycles. The van der Waals surface area contributed by atoms with E-state index < -0.39 is 0 Å². The van der Waals surface area contributed by atoms with Crippen molar-refractivity contribution in [3.63, 3.8) is 0 Å². The fourth-order valence-electron chi connectivity index (χ4n) is 0.982. The summed E-state index contributed by atoms with van der Waals surface area (Å²) < 4.78 is 0. The summed E-state index contributed by atoms with van der Waals surface area (Å²) in [6, 6.07) is 1.57. The van der Waals surface area contributed by atoms with Gasteiger partial charge in [-0.1, -0.05) is 25.4 Å². The van der Waals surface area contributed by atoms with Crippen LogP contribution in [0, 0.1) is 5.92 Å². The van der Waals surface area contributed by atoms with Crippen LogP contribution in [-0.2, 0) is 4.79 Å². The summed E-state index contributed by atoms with van der Waals surface area (Å²) in [5.41, 5.74) is 0. The minimum absolute atomic E-state index is 0.0663. The van der Waals surface area contributed by atoms with Gasteiger partial charge in [-0.25, -0.2) is 9.97 Å². The van der Waals surface area contributed by atoms with E-state index in [4.69, 9.17) is 11.6 Å². The van der Waals surface area contributed by atoms with Crippen molar-refractivity contribution >= 4 is 23.3 Å². The molecule has 0 unspecified atom stereocenters. The average molecular weight is 243 g/mol. The number of carbonyl (C=O) groups excluding carboxylic acids is 1. The van der Waals surface area contributed by atoms with Gasteiger partial charge in [0.15, 0.2) is 0 Å². The quantitative estimate of drug-likeness (QED) is 0.765. The largest absolute Gasteiger partial charge is 0.361 e. The van der Waals surface area contributed by atoms with Crippen LogP contribution in [0.25, 0.3) is 0 Å². The number of amides is 1. The summed E-state index contributed by atoms with van der Waals surface area (Å²) in [4.78, 5) is 19.0. The molecule has 1 aromatic heterocycles. The highest BCUT2D eigenvalue weighted by molar-refractivity contribution is 6.29. The maximum atomic E-state index is 11.4. The maximum Gasteiger partial charge on any atom is 0.239 e. The Kier molecular flexibility index (Phi) is 4.98. The van der Waals surface area contributed by atoms with Gasteiger partial charge in [-0.3, -0.25) is 4.79 Å². The van der Waals surface area contributed by atoms with Gasteiger partial charge in [0.25, 0.3) is 0 Å². The van der Waals surface area contributed by atoms with Crippen LogP contribution in [0.1, 0.15) is 13.8 Å². The Bertz CT molecular complexity index is 356. The van der Waals surface area contributed by atoms with Gasteiger partial charge in [-0.15, -0.1) is 0 Å². The number of anilines is 1. The highest BCUT2D eigenvalue weighted by Gasteiger charge is 2.02. The van der Waals surface area contributed by atoms with Gasteiger partial charge in [0.05, 0.1) is 6.54 Å². The molecule has 5 nitrogen and oxygen atoms in total. The molecule has 0 atom stereocenters. The van der Waals surface area contributed by atoms with Crippen LogP contribution in [0.15, 0.2) is 12.4 Å². The van der Waals surface area contributed by atoms with Crippen molar-refractivity contribution < 1.29 is 4.79 Å². The molecule has 2 N–H and O–H groups in total. The van der Waals surface area contributed by atoms with E-state index in [0.717, 1.165) is 0 Å². The van der Waals surface area contributed by atoms with Crippen molar-refractivity contribution in [1.29, 1.82) is 0 Å². The van der Waals surface area contributed by atoms with E-state index in [-0.39, 0.29) is 12.5 Å². The normalized spacial score (nSPS) is 10.2. The molecule has 0 aliphatic carbocycles. The van der Waals surface area contributed by atoms with Gasteiger partial charge in [0.2, 0.25) is 5.91 Å². The van der Waals surface area contributed by atoms with Crippen LogP contribution < -0.4 is 10.6 Å². The second-order valence-corrected chi connectivity index (χ2v) is 4.16. The smallest absolute Gasteiger partial charge is 0.239 e. The number of aromatic nitrogens is 2. The topological polar surface area (TPSA) is 66.9 Å². The first-order chi connectivity index (χ1) is 7.58. The molecule has 0 spiro atoms. The average Bonchev–Trinajstić information content (AvgIpc) is 2.23. The van der Waals surface area contributed by atoms with Crippen molar-refractivity contribution in [3.8, 4) is 0 Å². The van der Waals surface area contributed by atoms with Crippen molar-refractivity contribution in [3.05, 3.63) is 17.5 Å². The molecule has 16 heavy (non-hydrogen) atoms. The van der Waals surface area contributed by atoms with Crippen LogP contribution in [0.3, 0.4) is 0 Å². The van der Waals surface area contributed by atoms with Crippen molar-refractivity contribution in [2.24, 2.45) is 5.92 Å². The van der Waals surface area contributed by atoms with E-state index in [1.165, 1.54) is 6.33 Å². The first-order valence-electron chi connectivity index (χ1n) is 5.06.